The van der Waals surface area contributed by atoms with E-state index in [1.165, 1.54) is 0 Å². The van der Waals surface area contributed by atoms with Crippen LogP contribution in [0.3, 0.4) is 0 Å². The maximum absolute atomic E-state index is 13.8. The maximum atomic E-state index is 13.8. The van der Waals surface area contributed by atoms with Crippen molar-refractivity contribution < 1.29 is 17.9 Å². The number of rotatable bonds is 10. The van der Waals surface area contributed by atoms with Crippen molar-refractivity contribution in [3.05, 3.63) is 125 Å². The molecule has 0 heterocycles. The molecule has 4 rings (SSSR count). The summed E-state index contributed by atoms with van der Waals surface area (Å²) in [5, 5.41) is 3.06. The monoisotopic (exact) mass is 528 g/mol. The molecule has 0 radical (unpaired) electrons. The van der Waals surface area contributed by atoms with E-state index in [2.05, 4.69) is 5.32 Å². The summed E-state index contributed by atoms with van der Waals surface area (Å²) in [7, 11) is -4.03. The third-order valence-electron chi connectivity index (χ3n) is 6.18. The highest BCUT2D eigenvalue weighted by molar-refractivity contribution is 7.92. The molecule has 4 aromatic rings. The number of hydrogen-bond donors (Lipinski definition) is 1. The second-order valence-electron chi connectivity index (χ2n) is 9.07. The lowest BCUT2D eigenvalue weighted by Gasteiger charge is -2.26. The van der Waals surface area contributed by atoms with Gasteiger partial charge in [0.1, 0.15) is 12.3 Å². The lowest BCUT2D eigenvalue weighted by molar-refractivity contribution is -0.120. The first kappa shape index (κ1) is 26.9. The summed E-state index contributed by atoms with van der Waals surface area (Å²) in [4.78, 5) is 13.6. The third kappa shape index (κ3) is 6.42. The average Bonchev–Trinajstić information content (AvgIpc) is 2.92. The fourth-order valence-electron chi connectivity index (χ4n) is 4.13. The second kappa shape index (κ2) is 12.0. The molecule has 6 nitrogen and oxygen atoms in total. The maximum Gasteiger partial charge on any atom is 0.264 e. The molecule has 7 heteroatoms. The van der Waals surface area contributed by atoms with Gasteiger partial charge >= 0.3 is 0 Å². The molecule has 0 aliphatic heterocycles. The highest BCUT2D eigenvalue weighted by atomic mass is 32.2. The van der Waals surface area contributed by atoms with Crippen molar-refractivity contribution in [2.75, 3.05) is 17.5 Å². The summed E-state index contributed by atoms with van der Waals surface area (Å²) in [6.45, 7) is 5.88. The van der Waals surface area contributed by atoms with Crippen LogP contribution in [0.1, 0.15) is 35.2 Å². The zero-order chi connectivity index (χ0) is 27.1. The summed E-state index contributed by atoms with van der Waals surface area (Å²) in [5.41, 5.74) is 4.23. The Balaban J connectivity index is 1.67. The molecule has 1 N–H and O–H groups in total. The first-order chi connectivity index (χ1) is 18.3. The molecule has 0 spiro atoms. The van der Waals surface area contributed by atoms with Crippen LogP contribution >= 0.6 is 0 Å². The Labute approximate surface area is 225 Å². The van der Waals surface area contributed by atoms with Crippen LogP contribution in [0.5, 0.6) is 5.75 Å². The van der Waals surface area contributed by atoms with E-state index in [-0.39, 0.29) is 11.4 Å². The Morgan fingerprint density at radius 2 is 1.34 bits per heavy atom. The van der Waals surface area contributed by atoms with Crippen molar-refractivity contribution in [3.8, 4) is 5.75 Å². The smallest absolute Gasteiger partial charge is 0.264 e. The lowest BCUT2D eigenvalue weighted by Crippen LogP contribution is -2.42. The van der Waals surface area contributed by atoms with Gasteiger partial charge in [0.15, 0.2) is 0 Å². The molecule has 4 aromatic carbocycles. The molecule has 0 bridgehead atoms. The van der Waals surface area contributed by atoms with Crippen molar-refractivity contribution >= 4 is 21.6 Å². The zero-order valence-corrected chi connectivity index (χ0v) is 22.6. The SMILES string of the molecule is CCOc1ccc(N(CC(=O)N[C@H](c2ccccc2)c2ccc(C)cc2)S(=O)(=O)c2ccc(C)cc2)cc1. The van der Waals surface area contributed by atoms with Crippen molar-refractivity contribution in [1.82, 2.24) is 5.32 Å². The van der Waals surface area contributed by atoms with Gasteiger partial charge in [-0.1, -0.05) is 77.9 Å². The molecule has 38 heavy (non-hydrogen) atoms. The van der Waals surface area contributed by atoms with Gasteiger partial charge in [-0.3, -0.25) is 9.10 Å². The number of sulfonamides is 1. The van der Waals surface area contributed by atoms with Gasteiger partial charge in [0.25, 0.3) is 10.0 Å². The zero-order valence-electron chi connectivity index (χ0n) is 21.8. The minimum absolute atomic E-state index is 0.114. The number of amides is 1. The second-order valence-corrected chi connectivity index (χ2v) is 10.9. The number of benzene rings is 4. The number of hydrogen-bond acceptors (Lipinski definition) is 4. The number of carbonyl (C=O) groups is 1. The largest absolute Gasteiger partial charge is 0.494 e. The van der Waals surface area contributed by atoms with E-state index in [0.29, 0.717) is 18.0 Å². The van der Waals surface area contributed by atoms with Crippen LogP contribution in [-0.4, -0.2) is 27.5 Å². The normalized spacial score (nSPS) is 12.0. The van der Waals surface area contributed by atoms with Crippen molar-refractivity contribution in [3.63, 3.8) is 0 Å². The molecule has 0 aliphatic rings. The molecule has 0 aromatic heterocycles. The average molecular weight is 529 g/mol. The molecule has 0 fully saturated rings. The number of carbonyl (C=O) groups excluding carboxylic acids is 1. The molecule has 196 valence electrons. The van der Waals surface area contributed by atoms with Gasteiger partial charge in [0.05, 0.1) is 23.2 Å². The number of nitrogens with one attached hydrogen (secondary N) is 1. The summed E-state index contributed by atoms with van der Waals surface area (Å²) >= 11 is 0. The fraction of sp³-hybridized carbons (Fsp3) is 0.194. The van der Waals surface area contributed by atoms with Crippen LogP contribution < -0.4 is 14.4 Å². The molecular weight excluding hydrogens is 496 g/mol. The standard InChI is InChI=1S/C31H32N2O4S/c1-4-37-28-18-16-27(17-19-28)33(38(35,36)29-20-12-24(3)13-21-29)22-30(34)32-31(25-8-6-5-7-9-25)26-14-10-23(2)11-15-26/h5-21,31H,4,22H2,1-3H3,(H,32,34)/t31-/m1/s1. The summed E-state index contributed by atoms with van der Waals surface area (Å²) in [6.07, 6.45) is 0. The lowest BCUT2D eigenvalue weighted by atomic mass is 9.98. The van der Waals surface area contributed by atoms with E-state index in [9.17, 15) is 13.2 Å². The molecule has 1 atom stereocenters. The Kier molecular flexibility index (Phi) is 8.48. The molecule has 0 saturated carbocycles. The minimum atomic E-state index is -4.03. The third-order valence-corrected chi connectivity index (χ3v) is 7.97. The van der Waals surface area contributed by atoms with E-state index in [0.717, 1.165) is 26.6 Å². The molecular formula is C31H32N2O4S. The Morgan fingerprint density at radius 3 is 1.92 bits per heavy atom. The first-order valence-electron chi connectivity index (χ1n) is 12.5. The topological polar surface area (TPSA) is 75.7 Å². The van der Waals surface area contributed by atoms with Crippen LogP contribution in [-0.2, 0) is 14.8 Å². The van der Waals surface area contributed by atoms with Crippen LogP contribution in [0.2, 0.25) is 0 Å². The van der Waals surface area contributed by atoms with Crippen LogP contribution in [0.4, 0.5) is 5.69 Å². The van der Waals surface area contributed by atoms with Crippen LogP contribution in [0.15, 0.2) is 108 Å². The number of nitrogens with zero attached hydrogens (tertiary/aromatic N) is 1. The quantitative estimate of drug-likeness (QED) is 0.282. The molecule has 1 amide bonds. The summed E-state index contributed by atoms with van der Waals surface area (Å²) in [6, 6.07) is 30.4. The fourth-order valence-corrected chi connectivity index (χ4v) is 5.55. The van der Waals surface area contributed by atoms with Crippen molar-refractivity contribution in [2.45, 2.75) is 31.7 Å². The number of ether oxygens (including phenoxy) is 1. The van der Waals surface area contributed by atoms with E-state index >= 15 is 0 Å². The highest BCUT2D eigenvalue weighted by Gasteiger charge is 2.28. The Morgan fingerprint density at radius 1 is 0.789 bits per heavy atom. The molecule has 0 saturated heterocycles. The Hall–Kier alpha value is -4.10. The van der Waals surface area contributed by atoms with Gasteiger partial charge in [-0.05, 0) is 68.3 Å². The predicted octanol–water partition coefficient (Wildman–Crippen LogP) is 5.80. The van der Waals surface area contributed by atoms with E-state index in [4.69, 9.17) is 4.74 Å². The van der Waals surface area contributed by atoms with Crippen LogP contribution in [0.25, 0.3) is 0 Å². The van der Waals surface area contributed by atoms with Gasteiger partial charge in [-0.2, -0.15) is 0 Å². The van der Waals surface area contributed by atoms with Crippen LogP contribution in [0, 0.1) is 13.8 Å². The molecule has 0 unspecified atom stereocenters. The summed E-state index contributed by atoms with van der Waals surface area (Å²) in [5.74, 6) is 0.195. The van der Waals surface area contributed by atoms with Gasteiger partial charge in [0, 0.05) is 0 Å². The predicted molar refractivity (Wildman–Crippen MR) is 151 cm³/mol. The number of anilines is 1. The highest BCUT2D eigenvalue weighted by Crippen LogP contribution is 2.27. The van der Waals surface area contributed by atoms with Gasteiger partial charge < -0.3 is 10.1 Å². The van der Waals surface area contributed by atoms with E-state index in [1.807, 2.05) is 75.4 Å². The van der Waals surface area contributed by atoms with Crippen molar-refractivity contribution in [1.29, 1.82) is 0 Å². The van der Waals surface area contributed by atoms with Gasteiger partial charge in [-0.15, -0.1) is 0 Å². The van der Waals surface area contributed by atoms with Gasteiger partial charge in [0.2, 0.25) is 5.91 Å². The van der Waals surface area contributed by atoms with E-state index < -0.39 is 22.0 Å². The molecule has 0 aliphatic carbocycles. The van der Waals surface area contributed by atoms with Gasteiger partial charge in [-0.25, -0.2) is 8.42 Å². The number of aryl methyl sites for hydroxylation is 2. The summed E-state index contributed by atoms with van der Waals surface area (Å²) < 4.78 is 34.2. The first-order valence-corrected chi connectivity index (χ1v) is 13.9. The van der Waals surface area contributed by atoms with Crippen molar-refractivity contribution in [2.24, 2.45) is 0 Å². The minimum Gasteiger partial charge on any atom is -0.494 e. The van der Waals surface area contributed by atoms with E-state index in [1.54, 1.807) is 48.5 Å². The Bertz CT molecular complexity index is 1450.